The van der Waals surface area contributed by atoms with E-state index in [1.165, 1.54) is 7.11 Å². The Balaban J connectivity index is 1.63. The highest BCUT2D eigenvalue weighted by Gasteiger charge is 2.12. The average molecular weight is 397 g/mol. The van der Waals surface area contributed by atoms with Crippen LogP contribution < -0.4 is 14.8 Å². The molecule has 0 fully saturated rings. The Morgan fingerprint density at radius 3 is 2.82 bits per heavy atom. The summed E-state index contributed by atoms with van der Waals surface area (Å²) >= 11 is 6.19. The first-order valence-electron chi connectivity index (χ1n) is 8.36. The molecule has 142 valence electrons. The summed E-state index contributed by atoms with van der Waals surface area (Å²) in [6.45, 7) is 0.201. The van der Waals surface area contributed by atoms with Crippen molar-refractivity contribution in [1.29, 1.82) is 5.26 Å². The van der Waals surface area contributed by atoms with Crippen molar-refractivity contribution in [2.45, 2.75) is 6.54 Å². The van der Waals surface area contributed by atoms with Gasteiger partial charge in [0.05, 0.1) is 31.5 Å². The molecule has 3 aromatic rings. The summed E-state index contributed by atoms with van der Waals surface area (Å²) < 4.78 is 12.3. The van der Waals surface area contributed by atoms with Crippen LogP contribution in [0.25, 0.3) is 0 Å². The Morgan fingerprint density at radius 1 is 1.25 bits per heavy atom. The van der Waals surface area contributed by atoms with Gasteiger partial charge in [-0.1, -0.05) is 29.8 Å². The molecule has 0 bridgehead atoms. The van der Waals surface area contributed by atoms with Gasteiger partial charge in [-0.3, -0.25) is 4.79 Å². The molecule has 1 aromatic heterocycles. The molecule has 0 unspecified atom stereocenters. The largest absolute Gasteiger partial charge is 0.493 e. The Morgan fingerprint density at radius 2 is 2.07 bits per heavy atom. The van der Waals surface area contributed by atoms with Gasteiger partial charge in [0.1, 0.15) is 5.82 Å². The first-order valence-corrected chi connectivity index (χ1v) is 8.74. The maximum absolute atomic E-state index is 12.3. The predicted molar refractivity (Wildman–Crippen MR) is 105 cm³/mol. The molecule has 2 aromatic carbocycles. The van der Waals surface area contributed by atoms with Gasteiger partial charge in [0, 0.05) is 17.2 Å². The number of nitrogens with zero attached hydrogens (tertiary/aromatic N) is 3. The number of hydrogen-bond acceptors (Lipinski definition) is 5. The Labute approximate surface area is 167 Å². The van der Waals surface area contributed by atoms with Crippen molar-refractivity contribution in [1.82, 2.24) is 9.78 Å². The first kappa shape index (κ1) is 19.3. The average Bonchev–Trinajstić information content (AvgIpc) is 3.14. The number of amides is 1. The molecule has 0 aliphatic rings. The maximum atomic E-state index is 12.3. The third kappa shape index (κ3) is 4.61. The van der Waals surface area contributed by atoms with Crippen molar-refractivity contribution < 1.29 is 14.3 Å². The lowest BCUT2D eigenvalue weighted by molar-refractivity contribution is -0.118. The molecule has 0 radical (unpaired) electrons. The molecule has 0 saturated heterocycles. The van der Waals surface area contributed by atoms with E-state index in [0.29, 0.717) is 34.4 Å². The first-order chi connectivity index (χ1) is 13.6. The van der Waals surface area contributed by atoms with E-state index < -0.39 is 0 Å². The van der Waals surface area contributed by atoms with Gasteiger partial charge in [0.15, 0.2) is 18.1 Å². The number of benzene rings is 2. The molecule has 0 spiro atoms. The van der Waals surface area contributed by atoms with Crippen LogP contribution in [0.2, 0.25) is 5.02 Å². The highest BCUT2D eigenvalue weighted by Crippen LogP contribution is 2.27. The fourth-order valence-corrected chi connectivity index (χ4v) is 2.73. The van der Waals surface area contributed by atoms with Crippen LogP contribution >= 0.6 is 11.6 Å². The summed E-state index contributed by atoms with van der Waals surface area (Å²) in [7, 11) is 1.47. The van der Waals surface area contributed by atoms with Crippen molar-refractivity contribution in [3.63, 3.8) is 0 Å². The predicted octanol–water partition coefficient (Wildman–Crippen LogP) is 3.48. The van der Waals surface area contributed by atoms with E-state index in [-0.39, 0.29) is 12.5 Å². The van der Waals surface area contributed by atoms with Crippen molar-refractivity contribution in [2.75, 3.05) is 19.0 Å². The summed E-state index contributed by atoms with van der Waals surface area (Å²) in [5.74, 6) is 0.935. The molecule has 1 heterocycles. The number of carbonyl (C=O) groups excluding carboxylic acids is 1. The van der Waals surface area contributed by atoms with Gasteiger partial charge >= 0.3 is 0 Å². The van der Waals surface area contributed by atoms with Crippen LogP contribution in [-0.2, 0) is 11.3 Å². The number of ether oxygens (including phenoxy) is 2. The topological polar surface area (TPSA) is 89.2 Å². The highest BCUT2D eigenvalue weighted by molar-refractivity contribution is 6.31. The monoisotopic (exact) mass is 396 g/mol. The van der Waals surface area contributed by atoms with Gasteiger partial charge in [-0.05, 0) is 23.8 Å². The zero-order valence-corrected chi connectivity index (χ0v) is 15.8. The van der Waals surface area contributed by atoms with Gasteiger partial charge in [-0.25, -0.2) is 4.68 Å². The van der Waals surface area contributed by atoms with Crippen molar-refractivity contribution >= 4 is 23.3 Å². The lowest BCUT2D eigenvalue weighted by atomic mass is 10.2. The highest BCUT2D eigenvalue weighted by atomic mass is 35.5. The van der Waals surface area contributed by atoms with Crippen LogP contribution in [0.1, 0.15) is 11.1 Å². The number of anilines is 1. The van der Waals surface area contributed by atoms with Crippen molar-refractivity contribution in [2.24, 2.45) is 0 Å². The fourth-order valence-electron chi connectivity index (χ4n) is 2.53. The van der Waals surface area contributed by atoms with Crippen LogP contribution in [0, 0.1) is 11.3 Å². The molecule has 0 saturated carbocycles. The van der Waals surface area contributed by atoms with E-state index in [2.05, 4.69) is 10.4 Å². The quantitative estimate of drug-likeness (QED) is 0.660. The zero-order chi connectivity index (χ0) is 19.9. The smallest absolute Gasteiger partial charge is 0.263 e. The fraction of sp³-hybridized carbons (Fsp3) is 0.150. The Bertz CT molecular complexity index is 1030. The number of nitriles is 1. The maximum Gasteiger partial charge on any atom is 0.263 e. The minimum Gasteiger partial charge on any atom is -0.493 e. The summed E-state index contributed by atoms with van der Waals surface area (Å²) in [5.41, 5.74) is 1.33. The summed E-state index contributed by atoms with van der Waals surface area (Å²) in [6.07, 6.45) is 1.59. The van der Waals surface area contributed by atoms with Gasteiger partial charge in [-0.15, -0.1) is 0 Å². The number of nitrogens with one attached hydrogen (secondary N) is 1. The van der Waals surface area contributed by atoms with Crippen molar-refractivity contribution in [3.05, 3.63) is 70.9 Å². The van der Waals surface area contributed by atoms with Crippen LogP contribution in [0.15, 0.2) is 54.7 Å². The Hall–Kier alpha value is -3.50. The normalized spacial score (nSPS) is 10.2. The third-order valence-electron chi connectivity index (χ3n) is 3.91. The molecule has 0 aliphatic heterocycles. The molecule has 0 aliphatic carbocycles. The Kier molecular flexibility index (Phi) is 6.14. The van der Waals surface area contributed by atoms with E-state index in [0.717, 1.165) is 5.56 Å². The molecule has 1 amide bonds. The summed E-state index contributed by atoms with van der Waals surface area (Å²) in [4.78, 5) is 12.3. The van der Waals surface area contributed by atoms with Crippen molar-refractivity contribution in [3.8, 4) is 17.6 Å². The van der Waals surface area contributed by atoms with Crippen LogP contribution in [0.3, 0.4) is 0 Å². The lowest BCUT2D eigenvalue weighted by Crippen LogP contribution is -2.22. The standard InChI is InChI=1S/C20H17ClN4O3/c1-27-18-10-14(11-22)6-7-17(18)28-13-20(26)24-19-8-9-23-25(19)12-15-4-2-3-5-16(15)21/h2-10H,12-13H2,1H3,(H,24,26). The minimum absolute atomic E-state index is 0.223. The lowest BCUT2D eigenvalue weighted by Gasteiger charge is -2.12. The molecule has 1 N–H and O–H groups in total. The van der Waals surface area contributed by atoms with Gasteiger partial charge in [0.2, 0.25) is 0 Å². The molecule has 3 rings (SSSR count). The molecule has 0 atom stereocenters. The molecule has 7 nitrogen and oxygen atoms in total. The summed E-state index contributed by atoms with van der Waals surface area (Å²) in [5, 5.41) is 16.5. The number of carbonyl (C=O) groups is 1. The second kappa shape index (κ2) is 8.93. The van der Waals surface area contributed by atoms with Crippen LogP contribution in [0.4, 0.5) is 5.82 Å². The number of aromatic nitrogens is 2. The second-order valence-electron chi connectivity index (χ2n) is 5.78. The number of methoxy groups -OCH3 is 1. The number of halogens is 1. The molecule has 28 heavy (non-hydrogen) atoms. The van der Waals surface area contributed by atoms with Gasteiger partial charge in [0.25, 0.3) is 5.91 Å². The molecule has 8 heteroatoms. The SMILES string of the molecule is COc1cc(C#N)ccc1OCC(=O)Nc1ccnn1Cc1ccccc1Cl. The van der Waals surface area contributed by atoms with Gasteiger partial charge in [-0.2, -0.15) is 10.4 Å². The van der Waals surface area contributed by atoms with E-state index >= 15 is 0 Å². The van der Waals surface area contributed by atoms with Crippen LogP contribution in [0.5, 0.6) is 11.5 Å². The van der Waals surface area contributed by atoms with E-state index in [1.54, 1.807) is 41.2 Å². The summed E-state index contributed by atoms with van der Waals surface area (Å²) in [6, 6.07) is 15.9. The van der Waals surface area contributed by atoms with E-state index in [4.69, 9.17) is 26.3 Å². The molecular weight excluding hydrogens is 380 g/mol. The minimum atomic E-state index is -0.354. The van der Waals surface area contributed by atoms with E-state index in [9.17, 15) is 4.79 Å². The van der Waals surface area contributed by atoms with E-state index in [1.807, 2.05) is 24.3 Å². The van der Waals surface area contributed by atoms with Crippen LogP contribution in [-0.4, -0.2) is 29.4 Å². The second-order valence-corrected chi connectivity index (χ2v) is 6.19. The van der Waals surface area contributed by atoms with Gasteiger partial charge < -0.3 is 14.8 Å². The number of rotatable bonds is 7. The number of hydrogen-bond donors (Lipinski definition) is 1. The molecular formula is C20H17ClN4O3. The zero-order valence-electron chi connectivity index (χ0n) is 15.1. The third-order valence-corrected chi connectivity index (χ3v) is 4.28.